The summed E-state index contributed by atoms with van der Waals surface area (Å²) in [5.74, 6) is -0.575. The average Bonchev–Trinajstić information content (AvgIpc) is 2.86. The number of hydrogen-bond acceptors (Lipinski definition) is 4. The summed E-state index contributed by atoms with van der Waals surface area (Å²) in [4.78, 5) is 21.9. The molecule has 0 fully saturated rings. The summed E-state index contributed by atoms with van der Waals surface area (Å²) < 4.78 is 5.99. The number of rotatable bonds is 3. The fraction of sp³-hybridized carbons (Fsp3) is 0.0833. The number of nitro benzene ring substituents is 1. The summed E-state index contributed by atoms with van der Waals surface area (Å²) in [5.41, 5.74) is 0.392. The average molecular weight is 334 g/mol. The van der Waals surface area contributed by atoms with E-state index in [1.807, 2.05) is 0 Å². The maximum absolute atomic E-state index is 11.5. The third-order valence-corrected chi connectivity index (χ3v) is 2.42. The first kappa shape index (κ1) is 15.5. The molecule has 0 saturated carbocycles. The van der Waals surface area contributed by atoms with Crippen molar-refractivity contribution in [2.45, 2.75) is 0 Å². The maximum Gasteiger partial charge on any atom is 0.291 e. The topological polar surface area (TPSA) is 74.4 Å². The van der Waals surface area contributed by atoms with Crippen LogP contribution in [-0.2, 0) is 37.4 Å². The predicted molar refractivity (Wildman–Crippen MR) is 62.6 cm³/mol. The molecule has 0 bridgehead atoms. The number of nitrogens with zero attached hydrogens (tertiary/aromatic N) is 2. The Balaban J connectivity index is 0.00000180. The molecule has 2 rings (SSSR count). The van der Waals surface area contributed by atoms with Crippen molar-refractivity contribution in [3.8, 4) is 5.69 Å². The van der Waals surface area contributed by atoms with Crippen molar-refractivity contribution in [2.24, 2.45) is 0 Å². The number of methoxy groups -OCH3 is 1. The van der Waals surface area contributed by atoms with Gasteiger partial charge in [-0.3, -0.25) is 14.9 Å². The summed E-state index contributed by atoms with van der Waals surface area (Å²) in [5, 5.41) is 10.9. The van der Waals surface area contributed by atoms with Crippen LogP contribution in [0.1, 0.15) is 10.5 Å². The Bertz CT molecular complexity index is 609. The van der Waals surface area contributed by atoms with E-state index in [4.69, 9.17) is 0 Å². The zero-order chi connectivity index (χ0) is 13.1. The van der Waals surface area contributed by atoms with Gasteiger partial charge in [-0.2, -0.15) is 0 Å². The third kappa shape index (κ3) is 3.08. The second kappa shape index (κ2) is 6.59. The number of carbonyl (C=O) groups is 1. The van der Waals surface area contributed by atoms with E-state index in [0.717, 1.165) is 0 Å². The maximum atomic E-state index is 11.5. The van der Waals surface area contributed by atoms with E-state index in [1.54, 1.807) is 18.2 Å². The van der Waals surface area contributed by atoms with Crippen LogP contribution in [0.15, 0.2) is 36.5 Å². The number of ether oxygens (including phenoxy) is 1. The minimum atomic E-state index is -0.575. The van der Waals surface area contributed by atoms with Crippen LogP contribution in [0.5, 0.6) is 0 Å². The van der Waals surface area contributed by atoms with Gasteiger partial charge < -0.3 is 9.30 Å². The van der Waals surface area contributed by atoms with E-state index in [0.29, 0.717) is 5.69 Å². The zero-order valence-corrected chi connectivity index (χ0v) is 12.9. The van der Waals surface area contributed by atoms with Crippen LogP contribution in [0.25, 0.3) is 5.69 Å². The summed E-state index contributed by atoms with van der Waals surface area (Å²) in [6.07, 6.45) is 1.45. The number of para-hydroxylation sites is 2. The number of esters is 1. The Kier molecular flexibility index (Phi) is 5.38. The molecule has 0 aliphatic rings. The molecule has 0 amide bonds. The summed E-state index contributed by atoms with van der Waals surface area (Å²) in [6, 6.07) is 10.3. The molecule has 0 atom stereocenters. The van der Waals surface area contributed by atoms with Crippen molar-refractivity contribution in [3.63, 3.8) is 0 Å². The van der Waals surface area contributed by atoms with Crippen molar-refractivity contribution in [3.05, 3.63) is 58.4 Å². The Hall–Kier alpha value is -1.53. The van der Waals surface area contributed by atoms with Crippen molar-refractivity contribution in [2.75, 3.05) is 7.11 Å². The van der Waals surface area contributed by atoms with Gasteiger partial charge in [-0.15, -0.1) is 6.20 Å². The molecular formula is C12H9N2O4Y-. The van der Waals surface area contributed by atoms with Gasteiger partial charge in [-0.05, 0) is 11.8 Å². The van der Waals surface area contributed by atoms with Crippen LogP contribution >= 0.6 is 0 Å². The van der Waals surface area contributed by atoms with Gasteiger partial charge in [0.15, 0.2) is 0 Å². The molecule has 7 heteroatoms. The van der Waals surface area contributed by atoms with Crippen LogP contribution in [0, 0.1) is 16.2 Å². The largest absolute Gasteiger partial charge is 0.478 e. The van der Waals surface area contributed by atoms with Crippen molar-refractivity contribution in [1.82, 2.24) is 4.57 Å². The van der Waals surface area contributed by atoms with Gasteiger partial charge in [-0.25, -0.2) is 12.1 Å². The van der Waals surface area contributed by atoms with Gasteiger partial charge in [0.2, 0.25) is 0 Å². The molecular weight excluding hydrogens is 325 g/mol. The first-order chi connectivity index (χ1) is 8.65. The fourth-order valence-corrected chi connectivity index (χ4v) is 1.61. The van der Waals surface area contributed by atoms with Gasteiger partial charge in [0.1, 0.15) is 5.69 Å². The number of carbonyl (C=O) groups excluding carboxylic acids is 1. The molecule has 1 radical (unpaired) electrons. The minimum Gasteiger partial charge on any atom is -0.478 e. The SMILES string of the molecule is COC(=O)c1c[c-]cn1-c1ccccc1[N+](=O)[O-].[Y]. The predicted octanol–water partition coefficient (Wildman–Crippen LogP) is 1.97. The molecule has 0 spiro atoms. The number of hydrogen-bond donors (Lipinski definition) is 0. The molecule has 6 nitrogen and oxygen atoms in total. The molecule has 0 unspecified atom stereocenters. The number of benzene rings is 1. The summed E-state index contributed by atoms with van der Waals surface area (Å²) in [6.45, 7) is 0. The quantitative estimate of drug-likeness (QED) is 0.372. The standard InChI is InChI=1S/C12H9N2O4.Y/c1-18-12(15)11-7-4-8-13(11)9-5-2-3-6-10(9)14(16)17;/h2-3,5-8H,1H3;/q-1;. The molecule has 19 heavy (non-hydrogen) atoms. The van der Waals surface area contributed by atoms with Gasteiger partial charge in [0, 0.05) is 38.8 Å². The fourth-order valence-electron chi connectivity index (χ4n) is 1.61. The Morgan fingerprint density at radius 1 is 1.42 bits per heavy atom. The Labute approximate surface area is 134 Å². The smallest absolute Gasteiger partial charge is 0.291 e. The Morgan fingerprint density at radius 2 is 2.11 bits per heavy atom. The first-order valence-corrected chi connectivity index (χ1v) is 5.05. The molecule has 2 aromatic rings. The van der Waals surface area contributed by atoms with E-state index in [-0.39, 0.29) is 44.1 Å². The summed E-state index contributed by atoms with van der Waals surface area (Å²) in [7, 11) is 1.25. The van der Waals surface area contributed by atoms with E-state index < -0.39 is 10.9 Å². The molecule has 0 N–H and O–H groups in total. The van der Waals surface area contributed by atoms with E-state index in [1.165, 1.54) is 30.0 Å². The molecule has 1 aromatic carbocycles. The molecule has 1 heterocycles. The molecule has 0 aliphatic heterocycles. The minimum absolute atomic E-state index is 0. The van der Waals surface area contributed by atoms with E-state index in [9.17, 15) is 14.9 Å². The van der Waals surface area contributed by atoms with Gasteiger partial charge in [0.25, 0.3) is 11.7 Å². The molecule has 0 saturated heterocycles. The summed E-state index contributed by atoms with van der Waals surface area (Å²) >= 11 is 0. The molecule has 1 aromatic heterocycles. The van der Waals surface area contributed by atoms with Crippen molar-refractivity contribution in [1.29, 1.82) is 0 Å². The monoisotopic (exact) mass is 334 g/mol. The second-order valence-corrected chi connectivity index (χ2v) is 3.43. The molecule has 95 valence electrons. The van der Waals surface area contributed by atoms with E-state index >= 15 is 0 Å². The van der Waals surface area contributed by atoms with Gasteiger partial charge in [0.05, 0.1) is 12.0 Å². The van der Waals surface area contributed by atoms with Gasteiger partial charge in [-0.1, -0.05) is 12.1 Å². The zero-order valence-electron chi connectivity index (χ0n) is 10.1. The Morgan fingerprint density at radius 3 is 2.74 bits per heavy atom. The van der Waals surface area contributed by atoms with Crippen LogP contribution in [0.3, 0.4) is 0 Å². The van der Waals surface area contributed by atoms with Crippen LogP contribution in [0.2, 0.25) is 0 Å². The second-order valence-electron chi connectivity index (χ2n) is 3.43. The van der Waals surface area contributed by atoms with Crippen LogP contribution in [0.4, 0.5) is 5.69 Å². The van der Waals surface area contributed by atoms with Crippen LogP contribution in [-0.4, -0.2) is 22.6 Å². The molecule has 0 aliphatic carbocycles. The number of nitro groups is 1. The first-order valence-electron chi connectivity index (χ1n) is 5.05. The normalized spacial score (nSPS) is 9.53. The van der Waals surface area contributed by atoms with Crippen molar-refractivity contribution >= 4 is 11.7 Å². The van der Waals surface area contributed by atoms with Crippen LogP contribution < -0.4 is 0 Å². The third-order valence-electron chi connectivity index (χ3n) is 2.42. The van der Waals surface area contributed by atoms with Crippen molar-refractivity contribution < 1.29 is 47.2 Å². The van der Waals surface area contributed by atoms with E-state index in [2.05, 4.69) is 10.8 Å². The number of aromatic nitrogens is 1. The van der Waals surface area contributed by atoms with Gasteiger partial charge >= 0.3 is 0 Å².